The van der Waals surface area contributed by atoms with E-state index in [1.54, 1.807) is 4.52 Å². The van der Waals surface area contributed by atoms with E-state index in [0.717, 1.165) is 17.7 Å². The summed E-state index contributed by atoms with van der Waals surface area (Å²) in [5, 5.41) is 6.97. The number of cyclic esters (lactones) is 1. The van der Waals surface area contributed by atoms with Gasteiger partial charge in [0.2, 0.25) is 5.95 Å². The zero-order valence-corrected chi connectivity index (χ0v) is 15.8. The Morgan fingerprint density at radius 2 is 2.11 bits per heavy atom. The highest BCUT2D eigenvalue weighted by atomic mass is 16.6. The lowest BCUT2D eigenvalue weighted by Gasteiger charge is -2.14. The first-order chi connectivity index (χ1) is 13.5. The van der Waals surface area contributed by atoms with Gasteiger partial charge in [0.05, 0.1) is 0 Å². The SMILES string of the molecule is CN(C)Cc1ccccc1-c1ccc2nc(NC(=O)[C@H]3CCC(=O)O3)nn2c1. The minimum atomic E-state index is -0.771. The number of aromatic nitrogens is 3. The first kappa shape index (κ1) is 18.1. The Kier molecular flexibility index (Phi) is 4.79. The molecule has 1 aliphatic heterocycles. The van der Waals surface area contributed by atoms with Gasteiger partial charge in [-0.1, -0.05) is 24.3 Å². The van der Waals surface area contributed by atoms with Crippen molar-refractivity contribution >= 4 is 23.5 Å². The van der Waals surface area contributed by atoms with Crippen molar-refractivity contribution in [2.75, 3.05) is 19.4 Å². The summed E-state index contributed by atoms with van der Waals surface area (Å²) < 4.78 is 6.61. The van der Waals surface area contributed by atoms with Gasteiger partial charge in [-0.25, -0.2) is 4.52 Å². The first-order valence-electron chi connectivity index (χ1n) is 9.09. The maximum atomic E-state index is 12.2. The number of ether oxygens (including phenoxy) is 1. The van der Waals surface area contributed by atoms with Crippen molar-refractivity contribution < 1.29 is 14.3 Å². The Morgan fingerprint density at radius 3 is 2.86 bits per heavy atom. The summed E-state index contributed by atoms with van der Waals surface area (Å²) >= 11 is 0. The van der Waals surface area contributed by atoms with Crippen LogP contribution in [0, 0.1) is 0 Å². The van der Waals surface area contributed by atoms with Gasteiger partial charge in [-0.05, 0) is 37.4 Å². The summed E-state index contributed by atoms with van der Waals surface area (Å²) in [6.07, 6.45) is 1.76. The van der Waals surface area contributed by atoms with Crippen LogP contribution in [0.15, 0.2) is 42.6 Å². The van der Waals surface area contributed by atoms with E-state index in [0.29, 0.717) is 12.1 Å². The average molecular weight is 379 g/mol. The van der Waals surface area contributed by atoms with Crippen molar-refractivity contribution in [3.8, 4) is 11.1 Å². The van der Waals surface area contributed by atoms with Crippen LogP contribution < -0.4 is 5.32 Å². The molecule has 1 aliphatic rings. The first-order valence-corrected chi connectivity index (χ1v) is 9.09. The summed E-state index contributed by atoms with van der Waals surface area (Å²) in [4.78, 5) is 29.8. The molecule has 0 spiro atoms. The molecule has 1 aromatic carbocycles. The minimum absolute atomic E-state index is 0.187. The van der Waals surface area contributed by atoms with Crippen LogP contribution in [-0.2, 0) is 20.9 Å². The number of esters is 1. The third-order valence-corrected chi connectivity index (χ3v) is 4.56. The molecule has 0 saturated carbocycles. The van der Waals surface area contributed by atoms with Gasteiger partial charge >= 0.3 is 5.97 Å². The molecule has 3 heterocycles. The smallest absolute Gasteiger partial charge is 0.306 e. The molecule has 0 unspecified atom stereocenters. The Bertz CT molecular complexity index is 1040. The molecule has 1 atom stereocenters. The van der Waals surface area contributed by atoms with Crippen LogP contribution in [0.25, 0.3) is 16.8 Å². The van der Waals surface area contributed by atoms with E-state index in [9.17, 15) is 9.59 Å². The molecule has 0 bridgehead atoms. The van der Waals surface area contributed by atoms with Crippen LogP contribution >= 0.6 is 0 Å². The summed E-state index contributed by atoms with van der Waals surface area (Å²) in [6, 6.07) is 12.1. The molecule has 3 aromatic rings. The monoisotopic (exact) mass is 379 g/mol. The number of amides is 1. The zero-order valence-electron chi connectivity index (χ0n) is 15.8. The Labute approximate surface area is 162 Å². The van der Waals surface area contributed by atoms with Crippen molar-refractivity contribution in [3.63, 3.8) is 0 Å². The fraction of sp³-hybridized carbons (Fsp3) is 0.300. The van der Waals surface area contributed by atoms with E-state index in [1.165, 1.54) is 5.56 Å². The van der Waals surface area contributed by atoms with Crippen LogP contribution in [0.1, 0.15) is 18.4 Å². The molecule has 2 aromatic heterocycles. The molecule has 1 saturated heterocycles. The third-order valence-electron chi connectivity index (χ3n) is 4.56. The Hall–Kier alpha value is -3.26. The molecular weight excluding hydrogens is 358 g/mol. The lowest BCUT2D eigenvalue weighted by Crippen LogP contribution is -2.27. The van der Waals surface area contributed by atoms with E-state index in [2.05, 4.69) is 32.4 Å². The van der Waals surface area contributed by atoms with Crippen LogP contribution in [0.5, 0.6) is 0 Å². The van der Waals surface area contributed by atoms with E-state index < -0.39 is 12.0 Å². The van der Waals surface area contributed by atoms with Crippen molar-refractivity contribution in [2.24, 2.45) is 0 Å². The number of anilines is 1. The highest BCUT2D eigenvalue weighted by Gasteiger charge is 2.30. The van der Waals surface area contributed by atoms with Crippen molar-refractivity contribution in [2.45, 2.75) is 25.5 Å². The lowest BCUT2D eigenvalue weighted by atomic mass is 10.0. The number of rotatable bonds is 5. The fourth-order valence-electron chi connectivity index (χ4n) is 3.28. The molecular formula is C20H21N5O3. The molecule has 4 rings (SSSR count). The molecule has 8 nitrogen and oxygen atoms in total. The number of pyridine rings is 1. The summed E-state index contributed by atoms with van der Waals surface area (Å²) in [5.74, 6) is -0.575. The normalized spacial score (nSPS) is 16.5. The minimum Gasteiger partial charge on any atom is -0.452 e. The Balaban J connectivity index is 1.59. The predicted molar refractivity (Wildman–Crippen MR) is 104 cm³/mol. The molecule has 8 heteroatoms. The number of hydrogen-bond donors (Lipinski definition) is 1. The summed E-state index contributed by atoms with van der Waals surface area (Å²) in [5.41, 5.74) is 3.96. The maximum Gasteiger partial charge on any atom is 0.306 e. The quantitative estimate of drug-likeness (QED) is 0.683. The predicted octanol–water partition coefficient (Wildman–Crippen LogP) is 2.10. The number of fused-ring (bicyclic) bond motifs is 1. The van der Waals surface area contributed by atoms with E-state index >= 15 is 0 Å². The standard InChI is InChI=1S/C20H21N5O3/c1-24(2)11-13-5-3-4-6-15(13)14-7-9-17-21-20(23-25(17)12-14)22-19(27)16-8-10-18(26)28-16/h3-7,9,12,16H,8,10-11H2,1-2H3,(H,22,23,27)/t16-/m1/s1. The molecule has 1 amide bonds. The summed E-state index contributed by atoms with van der Waals surface area (Å²) in [6.45, 7) is 0.826. The number of hydrogen-bond acceptors (Lipinski definition) is 6. The highest BCUT2D eigenvalue weighted by Crippen LogP contribution is 2.25. The van der Waals surface area contributed by atoms with Gasteiger partial charge in [0, 0.05) is 31.1 Å². The van der Waals surface area contributed by atoms with Crippen molar-refractivity contribution in [3.05, 3.63) is 48.2 Å². The highest BCUT2D eigenvalue weighted by molar-refractivity contribution is 5.95. The van der Waals surface area contributed by atoms with Crippen molar-refractivity contribution in [1.29, 1.82) is 0 Å². The van der Waals surface area contributed by atoms with Crippen LogP contribution in [-0.4, -0.2) is 51.6 Å². The van der Waals surface area contributed by atoms with Crippen LogP contribution in [0.4, 0.5) is 5.95 Å². The molecule has 1 N–H and O–H groups in total. The topological polar surface area (TPSA) is 88.8 Å². The van der Waals surface area contributed by atoms with Gasteiger partial charge in [0.1, 0.15) is 0 Å². The maximum absolute atomic E-state index is 12.2. The van der Waals surface area contributed by atoms with E-state index in [1.807, 2.05) is 44.6 Å². The van der Waals surface area contributed by atoms with Gasteiger partial charge in [0.25, 0.3) is 5.91 Å². The van der Waals surface area contributed by atoms with Gasteiger partial charge in [-0.2, -0.15) is 4.98 Å². The van der Waals surface area contributed by atoms with Gasteiger partial charge < -0.3 is 9.64 Å². The number of nitrogens with zero attached hydrogens (tertiary/aromatic N) is 4. The number of benzene rings is 1. The molecule has 144 valence electrons. The molecule has 0 radical (unpaired) electrons. The second-order valence-corrected chi connectivity index (χ2v) is 7.06. The Morgan fingerprint density at radius 1 is 1.29 bits per heavy atom. The number of nitrogens with one attached hydrogen (secondary N) is 1. The van der Waals surface area contributed by atoms with E-state index in [4.69, 9.17) is 4.74 Å². The number of carbonyl (C=O) groups is 2. The largest absolute Gasteiger partial charge is 0.452 e. The molecule has 28 heavy (non-hydrogen) atoms. The second kappa shape index (κ2) is 7.40. The number of carbonyl (C=O) groups excluding carboxylic acids is 2. The second-order valence-electron chi connectivity index (χ2n) is 7.06. The van der Waals surface area contributed by atoms with Gasteiger partial charge in [0.15, 0.2) is 11.8 Å². The zero-order chi connectivity index (χ0) is 19.7. The molecule has 0 aliphatic carbocycles. The van der Waals surface area contributed by atoms with Gasteiger partial charge in [-0.15, -0.1) is 5.10 Å². The van der Waals surface area contributed by atoms with Gasteiger partial charge in [-0.3, -0.25) is 14.9 Å². The molecule has 1 fully saturated rings. The van der Waals surface area contributed by atoms with Crippen molar-refractivity contribution in [1.82, 2.24) is 19.5 Å². The summed E-state index contributed by atoms with van der Waals surface area (Å²) in [7, 11) is 4.07. The van der Waals surface area contributed by atoms with Crippen LogP contribution in [0.3, 0.4) is 0 Å². The van der Waals surface area contributed by atoms with Crippen LogP contribution in [0.2, 0.25) is 0 Å². The average Bonchev–Trinajstić information content (AvgIpc) is 3.26. The third kappa shape index (κ3) is 3.72. The fourth-order valence-corrected chi connectivity index (χ4v) is 3.28. The lowest BCUT2D eigenvalue weighted by molar-refractivity contribution is -0.146. The van der Waals surface area contributed by atoms with E-state index in [-0.39, 0.29) is 18.3 Å².